The number of carbonyl (C=O) groups is 2. The fraction of sp³-hybridized carbons (Fsp3) is 0.421. The molecule has 6 nitrogen and oxygen atoms in total. The van der Waals surface area contributed by atoms with Crippen LogP contribution in [0.15, 0.2) is 34.9 Å². The van der Waals surface area contributed by atoms with Crippen LogP contribution in [0.5, 0.6) is 0 Å². The van der Waals surface area contributed by atoms with Crippen molar-refractivity contribution in [1.29, 1.82) is 0 Å². The van der Waals surface area contributed by atoms with Crippen LogP contribution in [-0.4, -0.2) is 40.8 Å². The van der Waals surface area contributed by atoms with Crippen molar-refractivity contribution in [2.24, 2.45) is 0 Å². The molecule has 0 fully saturated rings. The van der Waals surface area contributed by atoms with Gasteiger partial charge in [-0.15, -0.1) is 0 Å². The third-order valence-electron chi connectivity index (χ3n) is 3.57. The molecule has 26 heavy (non-hydrogen) atoms. The number of oxazole rings is 1. The molecule has 0 unspecified atom stereocenters. The van der Waals surface area contributed by atoms with Gasteiger partial charge in [-0.2, -0.15) is 0 Å². The van der Waals surface area contributed by atoms with Crippen LogP contribution in [0.2, 0.25) is 0 Å². The number of rotatable bonds is 6. The van der Waals surface area contributed by atoms with Gasteiger partial charge in [-0.05, 0) is 32.9 Å². The highest BCUT2D eigenvalue weighted by Gasteiger charge is 2.18. The highest BCUT2D eigenvalue weighted by Crippen LogP contribution is 2.23. The Morgan fingerprint density at radius 3 is 2.62 bits per heavy atom. The van der Waals surface area contributed by atoms with Crippen LogP contribution in [0.4, 0.5) is 4.39 Å². The lowest BCUT2D eigenvalue weighted by molar-refractivity contribution is -0.135. The second-order valence-electron chi connectivity index (χ2n) is 7.15. The Morgan fingerprint density at radius 1 is 1.27 bits per heavy atom. The zero-order valence-electron chi connectivity index (χ0n) is 15.5. The highest BCUT2D eigenvalue weighted by molar-refractivity contribution is 5.85. The lowest BCUT2D eigenvalue weighted by atomic mass is 10.1. The van der Waals surface area contributed by atoms with Crippen LogP contribution in [0.25, 0.3) is 11.3 Å². The fourth-order valence-electron chi connectivity index (χ4n) is 2.38. The molecule has 2 aromatic rings. The zero-order chi connectivity index (χ0) is 19.3. The van der Waals surface area contributed by atoms with E-state index in [2.05, 4.69) is 10.3 Å². The van der Waals surface area contributed by atoms with Crippen molar-refractivity contribution in [3.05, 3.63) is 42.2 Å². The molecule has 1 aromatic carbocycles. The van der Waals surface area contributed by atoms with Crippen molar-refractivity contribution in [2.75, 3.05) is 13.6 Å². The number of aryl methyl sites for hydroxylation is 1. The monoisotopic (exact) mass is 361 g/mol. The summed E-state index contributed by atoms with van der Waals surface area (Å²) >= 11 is 0. The average molecular weight is 361 g/mol. The summed E-state index contributed by atoms with van der Waals surface area (Å²) in [5.41, 5.74) is -0.0177. The van der Waals surface area contributed by atoms with Crippen molar-refractivity contribution in [3.8, 4) is 11.3 Å². The van der Waals surface area contributed by atoms with Gasteiger partial charge in [0, 0.05) is 25.4 Å². The van der Waals surface area contributed by atoms with Crippen LogP contribution in [0.3, 0.4) is 0 Å². The van der Waals surface area contributed by atoms with Gasteiger partial charge in [0.15, 0.2) is 11.7 Å². The maximum absolute atomic E-state index is 13.8. The second kappa shape index (κ2) is 8.12. The van der Waals surface area contributed by atoms with E-state index >= 15 is 0 Å². The van der Waals surface area contributed by atoms with Crippen LogP contribution >= 0.6 is 0 Å². The number of nitrogens with one attached hydrogen (secondary N) is 1. The average Bonchev–Trinajstić information content (AvgIpc) is 2.99. The number of carbonyl (C=O) groups excluding carboxylic acids is 2. The van der Waals surface area contributed by atoms with E-state index < -0.39 is 5.82 Å². The fourth-order valence-corrected chi connectivity index (χ4v) is 2.38. The number of likely N-dealkylation sites (N-methyl/N-ethyl adjacent to an activating group) is 1. The largest absolute Gasteiger partial charge is 0.441 e. The highest BCUT2D eigenvalue weighted by atomic mass is 19.1. The number of benzene rings is 1. The smallest absolute Gasteiger partial charge is 0.240 e. The lowest BCUT2D eigenvalue weighted by Crippen LogP contribution is -2.46. The van der Waals surface area contributed by atoms with Crippen molar-refractivity contribution >= 4 is 11.8 Å². The minimum Gasteiger partial charge on any atom is -0.441 e. The molecule has 0 saturated carbocycles. The van der Waals surface area contributed by atoms with E-state index in [1.54, 1.807) is 25.2 Å². The second-order valence-corrected chi connectivity index (χ2v) is 7.15. The van der Waals surface area contributed by atoms with Crippen molar-refractivity contribution < 1.29 is 18.4 Å². The first kappa shape index (κ1) is 19.6. The minimum absolute atomic E-state index is 0.0117. The predicted octanol–water partition coefficient (Wildman–Crippen LogP) is 2.79. The normalized spacial score (nSPS) is 11.3. The van der Waals surface area contributed by atoms with Gasteiger partial charge >= 0.3 is 0 Å². The molecule has 0 aliphatic rings. The maximum Gasteiger partial charge on any atom is 0.240 e. The van der Waals surface area contributed by atoms with Crippen LogP contribution in [0.1, 0.15) is 33.1 Å². The van der Waals surface area contributed by atoms with Gasteiger partial charge in [0.1, 0.15) is 5.82 Å². The molecule has 0 spiro atoms. The molecule has 1 aromatic heterocycles. The summed E-state index contributed by atoms with van der Waals surface area (Å²) in [6.45, 7) is 5.62. The molecule has 140 valence electrons. The number of aromatic nitrogens is 1. The van der Waals surface area contributed by atoms with Crippen molar-refractivity contribution in [2.45, 2.75) is 39.2 Å². The SMILES string of the molecule is CN(CC(=O)NC(C)(C)C)C(=O)CCc1ncc(-c2ccccc2F)o1. The van der Waals surface area contributed by atoms with E-state index in [1.807, 2.05) is 20.8 Å². The molecule has 2 rings (SSSR count). The lowest BCUT2D eigenvalue weighted by Gasteiger charge is -2.23. The Hall–Kier alpha value is -2.70. The Bertz CT molecular complexity index is 780. The van der Waals surface area contributed by atoms with Crippen molar-refractivity contribution in [3.63, 3.8) is 0 Å². The summed E-state index contributed by atoms with van der Waals surface area (Å²) in [5, 5.41) is 2.81. The van der Waals surface area contributed by atoms with E-state index in [-0.39, 0.29) is 36.7 Å². The van der Waals surface area contributed by atoms with Gasteiger partial charge in [0.2, 0.25) is 11.8 Å². The summed E-state index contributed by atoms with van der Waals surface area (Å²) in [6.07, 6.45) is 1.87. The Labute approximate surface area is 152 Å². The topological polar surface area (TPSA) is 75.4 Å². The molecular weight excluding hydrogens is 337 g/mol. The molecule has 1 N–H and O–H groups in total. The number of hydrogen-bond acceptors (Lipinski definition) is 4. The first-order valence-corrected chi connectivity index (χ1v) is 8.40. The van der Waals surface area contributed by atoms with E-state index in [4.69, 9.17) is 4.42 Å². The number of hydrogen-bond donors (Lipinski definition) is 1. The van der Waals surface area contributed by atoms with Gasteiger partial charge in [0.05, 0.1) is 18.3 Å². The molecular formula is C19H24FN3O3. The standard InChI is InChI=1S/C19H24FN3O3/c1-19(2,3)22-16(24)12-23(4)18(25)10-9-17-21-11-15(26-17)13-7-5-6-8-14(13)20/h5-8,11H,9-10,12H2,1-4H3,(H,22,24). The van der Waals surface area contributed by atoms with Crippen LogP contribution in [0, 0.1) is 5.82 Å². The molecule has 0 radical (unpaired) electrons. The molecule has 7 heteroatoms. The number of amides is 2. The Morgan fingerprint density at radius 2 is 1.96 bits per heavy atom. The van der Waals surface area contributed by atoms with E-state index in [0.29, 0.717) is 17.2 Å². The Balaban J connectivity index is 1.88. The van der Waals surface area contributed by atoms with Gasteiger partial charge in [-0.25, -0.2) is 9.37 Å². The number of nitrogens with zero attached hydrogens (tertiary/aromatic N) is 2. The summed E-state index contributed by atoms with van der Waals surface area (Å²) in [6, 6.07) is 6.26. The molecule has 0 atom stereocenters. The first-order chi connectivity index (χ1) is 12.2. The summed E-state index contributed by atoms with van der Waals surface area (Å²) in [5.74, 6) is -0.130. The molecule has 0 bridgehead atoms. The zero-order valence-corrected chi connectivity index (χ0v) is 15.5. The van der Waals surface area contributed by atoms with Gasteiger partial charge in [-0.3, -0.25) is 9.59 Å². The van der Waals surface area contributed by atoms with Crippen molar-refractivity contribution in [1.82, 2.24) is 15.2 Å². The van der Waals surface area contributed by atoms with Crippen LogP contribution in [-0.2, 0) is 16.0 Å². The summed E-state index contributed by atoms with van der Waals surface area (Å²) in [4.78, 5) is 29.5. The maximum atomic E-state index is 13.8. The Kier molecular flexibility index (Phi) is 6.13. The van der Waals surface area contributed by atoms with E-state index in [1.165, 1.54) is 17.2 Å². The van der Waals surface area contributed by atoms with Gasteiger partial charge in [0.25, 0.3) is 0 Å². The quantitative estimate of drug-likeness (QED) is 0.858. The van der Waals surface area contributed by atoms with Crippen LogP contribution < -0.4 is 5.32 Å². The minimum atomic E-state index is -0.393. The van der Waals surface area contributed by atoms with Gasteiger partial charge in [-0.1, -0.05) is 12.1 Å². The molecule has 1 heterocycles. The third-order valence-corrected chi connectivity index (χ3v) is 3.57. The van der Waals surface area contributed by atoms with Gasteiger partial charge < -0.3 is 14.6 Å². The number of halogens is 1. The van der Waals surface area contributed by atoms with E-state index in [9.17, 15) is 14.0 Å². The molecule has 2 amide bonds. The summed E-state index contributed by atoms with van der Waals surface area (Å²) in [7, 11) is 1.57. The predicted molar refractivity (Wildman–Crippen MR) is 95.8 cm³/mol. The molecule has 0 saturated heterocycles. The molecule has 0 aliphatic heterocycles. The third kappa shape index (κ3) is 5.68. The van der Waals surface area contributed by atoms with E-state index in [0.717, 1.165) is 0 Å². The molecule has 0 aliphatic carbocycles. The first-order valence-electron chi connectivity index (χ1n) is 8.40. The summed E-state index contributed by atoms with van der Waals surface area (Å²) < 4.78 is 19.3.